The number of halogens is 8. The monoisotopic (exact) mass is 575 g/mol. The number of amides is 1. The number of hydrogen-bond donors (Lipinski definition) is 2. The third-order valence-electron chi connectivity index (χ3n) is 6.11. The van der Waals surface area contributed by atoms with Gasteiger partial charge in [-0.1, -0.05) is 41.9 Å². The Kier molecular flexibility index (Phi) is 8.08. The molecule has 1 aliphatic rings. The number of pyridine rings is 1. The van der Waals surface area contributed by atoms with Crippen molar-refractivity contribution in [1.82, 2.24) is 15.6 Å². The summed E-state index contributed by atoms with van der Waals surface area (Å²) in [6.45, 7) is -0.753. The van der Waals surface area contributed by atoms with Gasteiger partial charge in [0.15, 0.2) is 0 Å². The average molecular weight is 576 g/mol. The first-order valence-corrected chi connectivity index (χ1v) is 11.9. The molecule has 4 rings (SSSR count). The molecule has 3 aromatic rings. The molecule has 2 aromatic carbocycles. The lowest BCUT2D eigenvalue weighted by Gasteiger charge is -2.36. The van der Waals surface area contributed by atoms with Crippen molar-refractivity contribution in [2.45, 2.75) is 42.9 Å². The van der Waals surface area contributed by atoms with E-state index in [4.69, 9.17) is 11.6 Å². The van der Waals surface area contributed by atoms with Gasteiger partial charge in [-0.05, 0) is 35.4 Å². The largest absolute Gasteiger partial charge is 0.461 e. The molecule has 1 aliphatic heterocycles. The molecule has 0 spiro atoms. The SMILES string of the molecule is O=C(N[C@@](Cc1ccccc1)(c1cc(F)cc(OC(F)(F)C(F)F)c1)c1ccc(Cl)cn1)C1CC(F)(F)CN1. The standard InChI is InChI=1S/C26H21ClF7N3O2/c27-17-6-7-21(35-13-17)25(11-15-4-2-1-3-5-15,37-22(38)20-12-24(31,32)14-36-20)16-8-18(28)10-19(9-16)39-26(33,34)23(29)30/h1-10,13,20,23,36H,11-12,14H2,(H,37,38)/t20?,25-/m0/s1. The second kappa shape index (κ2) is 11.0. The zero-order valence-electron chi connectivity index (χ0n) is 19.9. The maximum Gasteiger partial charge on any atom is 0.461 e. The summed E-state index contributed by atoms with van der Waals surface area (Å²) in [4.78, 5) is 17.6. The molecule has 2 atom stereocenters. The molecule has 0 bridgehead atoms. The lowest BCUT2D eigenvalue weighted by Crippen LogP contribution is -2.54. The van der Waals surface area contributed by atoms with E-state index in [1.807, 2.05) is 0 Å². The van der Waals surface area contributed by atoms with E-state index < -0.39 is 60.5 Å². The van der Waals surface area contributed by atoms with Crippen LogP contribution < -0.4 is 15.4 Å². The molecule has 39 heavy (non-hydrogen) atoms. The highest BCUT2D eigenvalue weighted by molar-refractivity contribution is 6.30. The number of rotatable bonds is 9. The number of nitrogens with one attached hydrogen (secondary N) is 2. The van der Waals surface area contributed by atoms with Gasteiger partial charge in [-0.15, -0.1) is 0 Å². The lowest BCUT2D eigenvalue weighted by atomic mass is 9.80. The van der Waals surface area contributed by atoms with Crippen LogP contribution in [0.3, 0.4) is 0 Å². The zero-order valence-corrected chi connectivity index (χ0v) is 20.7. The summed E-state index contributed by atoms with van der Waals surface area (Å²) >= 11 is 5.98. The highest BCUT2D eigenvalue weighted by Gasteiger charge is 2.47. The van der Waals surface area contributed by atoms with E-state index in [1.54, 1.807) is 30.3 Å². The Hall–Kier alpha value is -3.38. The second-order valence-corrected chi connectivity index (χ2v) is 9.49. The molecular weight excluding hydrogens is 555 g/mol. The van der Waals surface area contributed by atoms with E-state index in [9.17, 15) is 35.5 Å². The molecule has 208 valence electrons. The molecule has 13 heteroatoms. The Morgan fingerprint density at radius 1 is 1.15 bits per heavy atom. The Bertz CT molecular complexity index is 1310. The van der Waals surface area contributed by atoms with Crippen LogP contribution in [0.1, 0.15) is 23.2 Å². The van der Waals surface area contributed by atoms with Crippen LogP contribution in [0.25, 0.3) is 0 Å². The molecular formula is C26H21ClF7N3O2. The minimum atomic E-state index is -4.95. The van der Waals surface area contributed by atoms with E-state index in [2.05, 4.69) is 20.4 Å². The van der Waals surface area contributed by atoms with E-state index >= 15 is 0 Å². The van der Waals surface area contributed by atoms with Crippen molar-refractivity contribution in [1.29, 1.82) is 0 Å². The van der Waals surface area contributed by atoms with E-state index in [-0.39, 0.29) is 22.7 Å². The third kappa shape index (κ3) is 6.62. The number of alkyl halides is 6. The molecule has 0 aliphatic carbocycles. The van der Waals surface area contributed by atoms with Crippen molar-refractivity contribution < 1.29 is 40.3 Å². The topological polar surface area (TPSA) is 63.2 Å². The van der Waals surface area contributed by atoms with Gasteiger partial charge in [0.05, 0.1) is 23.3 Å². The minimum absolute atomic E-state index is 0.0334. The van der Waals surface area contributed by atoms with Gasteiger partial charge in [0, 0.05) is 25.1 Å². The summed E-state index contributed by atoms with van der Waals surface area (Å²) < 4.78 is 99.8. The van der Waals surface area contributed by atoms with Crippen LogP contribution >= 0.6 is 11.6 Å². The summed E-state index contributed by atoms with van der Waals surface area (Å²) in [5, 5.41) is 5.27. The number of carbonyl (C=O) groups is 1. The number of nitrogens with zero attached hydrogens (tertiary/aromatic N) is 1. The fraction of sp³-hybridized carbons (Fsp3) is 0.308. The molecule has 1 fully saturated rings. The van der Waals surface area contributed by atoms with Crippen molar-refractivity contribution in [3.05, 3.63) is 94.5 Å². The number of aromatic nitrogens is 1. The second-order valence-electron chi connectivity index (χ2n) is 9.05. The van der Waals surface area contributed by atoms with Crippen molar-refractivity contribution >= 4 is 17.5 Å². The maximum absolute atomic E-state index is 14.8. The third-order valence-corrected chi connectivity index (χ3v) is 6.34. The Morgan fingerprint density at radius 2 is 1.87 bits per heavy atom. The predicted octanol–water partition coefficient (Wildman–Crippen LogP) is 5.71. The maximum atomic E-state index is 14.8. The van der Waals surface area contributed by atoms with Crippen LogP contribution in [-0.4, -0.2) is 41.9 Å². The highest BCUT2D eigenvalue weighted by Crippen LogP contribution is 2.38. The summed E-state index contributed by atoms with van der Waals surface area (Å²) in [5.74, 6) is -6.19. The van der Waals surface area contributed by atoms with Crippen molar-refractivity contribution in [3.63, 3.8) is 0 Å². The molecule has 1 aromatic heterocycles. The number of hydrogen-bond acceptors (Lipinski definition) is 4. The fourth-order valence-electron chi connectivity index (χ4n) is 4.32. The van der Waals surface area contributed by atoms with Gasteiger partial charge in [-0.3, -0.25) is 15.1 Å². The Morgan fingerprint density at radius 3 is 2.46 bits per heavy atom. The molecule has 2 N–H and O–H groups in total. The number of carbonyl (C=O) groups excluding carboxylic acids is 1. The van der Waals surface area contributed by atoms with Gasteiger partial charge in [0.1, 0.15) is 17.1 Å². The lowest BCUT2D eigenvalue weighted by molar-refractivity contribution is -0.253. The highest BCUT2D eigenvalue weighted by atomic mass is 35.5. The average Bonchev–Trinajstić information content (AvgIpc) is 3.23. The van der Waals surface area contributed by atoms with E-state index in [0.29, 0.717) is 11.6 Å². The molecule has 0 saturated carbocycles. The summed E-state index contributed by atoms with van der Waals surface area (Å²) in [6.07, 6.45) is -8.95. The molecule has 1 unspecified atom stereocenters. The Balaban J connectivity index is 1.89. The van der Waals surface area contributed by atoms with Crippen LogP contribution in [0.5, 0.6) is 5.75 Å². The Labute approximate surface area is 223 Å². The van der Waals surface area contributed by atoms with Crippen LogP contribution in [0.2, 0.25) is 5.02 Å². The predicted molar refractivity (Wildman–Crippen MR) is 128 cm³/mol. The van der Waals surface area contributed by atoms with Crippen molar-refractivity contribution in [3.8, 4) is 5.75 Å². The van der Waals surface area contributed by atoms with E-state index in [1.165, 1.54) is 18.3 Å². The summed E-state index contributed by atoms with van der Waals surface area (Å²) in [7, 11) is 0. The van der Waals surface area contributed by atoms with Gasteiger partial charge in [-0.25, -0.2) is 13.2 Å². The molecule has 2 heterocycles. The minimum Gasteiger partial charge on any atom is -0.428 e. The smallest absolute Gasteiger partial charge is 0.428 e. The first-order valence-electron chi connectivity index (χ1n) is 11.5. The van der Waals surface area contributed by atoms with Crippen LogP contribution in [0.15, 0.2) is 66.9 Å². The molecule has 1 amide bonds. The van der Waals surface area contributed by atoms with E-state index in [0.717, 1.165) is 12.1 Å². The van der Waals surface area contributed by atoms with Gasteiger partial charge in [0.2, 0.25) is 5.91 Å². The van der Waals surface area contributed by atoms with Crippen LogP contribution in [0, 0.1) is 5.82 Å². The number of benzene rings is 2. The fourth-order valence-corrected chi connectivity index (χ4v) is 4.43. The quantitative estimate of drug-likeness (QED) is 0.321. The normalized spacial score (nSPS) is 18.5. The van der Waals surface area contributed by atoms with Crippen LogP contribution in [-0.2, 0) is 16.8 Å². The first kappa shape index (κ1) is 28.6. The summed E-state index contributed by atoms with van der Waals surface area (Å²) in [5.41, 5.74) is -1.52. The van der Waals surface area contributed by atoms with Crippen molar-refractivity contribution in [2.24, 2.45) is 0 Å². The number of ether oxygens (including phenoxy) is 1. The molecule has 1 saturated heterocycles. The summed E-state index contributed by atoms with van der Waals surface area (Å²) in [6, 6.07) is 12.0. The van der Waals surface area contributed by atoms with Gasteiger partial charge in [0.25, 0.3) is 5.92 Å². The van der Waals surface area contributed by atoms with Gasteiger partial charge < -0.3 is 10.1 Å². The first-order chi connectivity index (χ1) is 18.3. The zero-order chi connectivity index (χ0) is 28.4. The molecule has 5 nitrogen and oxygen atoms in total. The van der Waals surface area contributed by atoms with Crippen LogP contribution in [0.4, 0.5) is 30.7 Å². The van der Waals surface area contributed by atoms with Crippen molar-refractivity contribution in [2.75, 3.05) is 6.54 Å². The molecule has 0 radical (unpaired) electrons. The van der Waals surface area contributed by atoms with Gasteiger partial charge >= 0.3 is 12.5 Å². The van der Waals surface area contributed by atoms with Gasteiger partial charge in [-0.2, -0.15) is 17.6 Å².